The molecule has 4 heteroatoms. The predicted octanol–water partition coefficient (Wildman–Crippen LogP) is 3.02. The molecule has 0 saturated carbocycles. The van der Waals surface area contributed by atoms with Gasteiger partial charge in [-0.3, -0.25) is 9.80 Å². The summed E-state index contributed by atoms with van der Waals surface area (Å²) in [5.74, 6) is 0.901. The first-order valence-corrected chi connectivity index (χ1v) is 7.86. The zero-order valence-electron chi connectivity index (χ0n) is 12.3. The van der Waals surface area contributed by atoms with Gasteiger partial charge in [-0.25, -0.2) is 0 Å². The van der Waals surface area contributed by atoms with Gasteiger partial charge in [0, 0.05) is 42.3 Å². The second kappa shape index (κ2) is 5.92. The molecule has 0 aromatic heterocycles. The molecular weight excluding hydrogens is 272 g/mol. The minimum atomic E-state index is 0.574. The molecule has 0 aliphatic carbocycles. The second-order valence-electron chi connectivity index (χ2n) is 5.99. The van der Waals surface area contributed by atoms with E-state index in [2.05, 4.69) is 16.7 Å². The standard InChI is InChI=1S/C16H23ClN2O/c1-12-9-18-8-4-5-13(18)10-19(12)11-14-15(17)6-3-7-16(14)20-2/h3,6-7,12-13H,4-5,8-11H2,1-2H3. The highest BCUT2D eigenvalue weighted by molar-refractivity contribution is 6.31. The molecule has 2 atom stereocenters. The first-order chi connectivity index (χ1) is 9.69. The number of hydrogen-bond acceptors (Lipinski definition) is 3. The number of fused-ring (bicyclic) bond motifs is 1. The number of rotatable bonds is 3. The summed E-state index contributed by atoms with van der Waals surface area (Å²) in [6.45, 7) is 6.80. The lowest BCUT2D eigenvalue weighted by Crippen LogP contribution is -2.54. The lowest BCUT2D eigenvalue weighted by Gasteiger charge is -2.42. The van der Waals surface area contributed by atoms with Crippen LogP contribution in [0, 0.1) is 0 Å². The molecule has 0 radical (unpaired) electrons. The molecule has 0 amide bonds. The average Bonchev–Trinajstić information content (AvgIpc) is 2.88. The SMILES string of the molecule is COc1cccc(Cl)c1CN1CC2CCCN2CC1C. The Morgan fingerprint density at radius 2 is 2.20 bits per heavy atom. The van der Waals surface area contributed by atoms with Crippen LogP contribution in [0.15, 0.2) is 18.2 Å². The van der Waals surface area contributed by atoms with Crippen molar-refractivity contribution in [3.05, 3.63) is 28.8 Å². The van der Waals surface area contributed by atoms with Crippen LogP contribution in [0.4, 0.5) is 0 Å². The number of halogens is 1. The van der Waals surface area contributed by atoms with Gasteiger partial charge in [0.25, 0.3) is 0 Å². The molecular formula is C16H23ClN2O. The normalized spacial score (nSPS) is 27.6. The molecule has 1 aromatic rings. The van der Waals surface area contributed by atoms with Crippen LogP contribution >= 0.6 is 11.6 Å². The molecule has 2 fully saturated rings. The van der Waals surface area contributed by atoms with Crippen LogP contribution in [0.2, 0.25) is 5.02 Å². The highest BCUT2D eigenvalue weighted by Crippen LogP contribution is 2.31. The van der Waals surface area contributed by atoms with Crippen molar-refractivity contribution >= 4 is 11.6 Å². The van der Waals surface area contributed by atoms with E-state index in [9.17, 15) is 0 Å². The van der Waals surface area contributed by atoms with Gasteiger partial charge in [-0.2, -0.15) is 0 Å². The first kappa shape index (κ1) is 14.2. The fraction of sp³-hybridized carbons (Fsp3) is 0.625. The summed E-state index contributed by atoms with van der Waals surface area (Å²) in [5.41, 5.74) is 1.12. The zero-order chi connectivity index (χ0) is 14.1. The maximum Gasteiger partial charge on any atom is 0.124 e. The van der Waals surface area contributed by atoms with Crippen molar-refractivity contribution in [3.8, 4) is 5.75 Å². The third-order valence-corrected chi connectivity index (χ3v) is 5.08. The highest BCUT2D eigenvalue weighted by Gasteiger charge is 2.34. The topological polar surface area (TPSA) is 15.7 Å². The molecule has 2 aliphatic rings. The first-order valence-electron chi connectivity index (χ1n) is 7.48. The third kappa shape index (κ3) is 2.67. The summed E-state index contributed by atoms with van der Waals surface area (Å²) in [6, 6.07) is 7.21. The molecule has 2 unspecified atom stereocenters. The van der Waals surface area contributed by atoms with E-state index in [1.165, 1.54) is 25.9 Å². The Bertz CT molecular complexity index is 480. The van der Waals surface area contributed by atoms with E-state index < -0.39 is 0 Å². The van der Waals surface area contributed by atoms with Crippen molar-refractivity contribution in [3.63, 3.8) is 0 Å². The van der Waals surface area contributed by atoms with Crippen molar-refractivity contribution < 1.29 is 4.74 Å². The number of methoxy groups -OCH3 is 1. The van der Waals surface area contributed by atoms with E-state index in [-0.39, 0.29) is 0 Å². The quantitative estimate of drug-likeness (QED) is 0.852. The molecule has 1 aromatic carbocycles. The Morgan fingerprint density at radius 1 is 1.35 bits per heavy atom. The smallest absolute Gasteiger partial charge is 0.124 e. The predicted molar refractivity (Wildman–Crippen MR) is 82.5 cm³/mol. The fourth-order valence-corrected chi connectivity index (χ4v) is 3.78. The monoisotopic (exact) mass is 294 g/mol. The zero-order valence-corrected chi connectivity index (χ0v) is 13.1. The van der Waals surface area contributed by atoms with E-state index in [4.69, 9.17) is 16.3 Å². The molecule has 0 bridgehead atoms. The molecule has 2 heterocycles. The van der Waals surface area contributed by atoms with Crippen LogP contribution in [0.25, 0.3) is 0 Å². The van der Waals surface area contributed by atoms with Crippen molar-refractivity contribution in [1.82, 2.24) is 9.80 Å². The molecule has 0 spiro atoms. The van der Waals surface area contributed by atoms with Gasteiger partial charge in [-0.1, -0.05) is 17.7 Å². The van der Waals surface area contributed by atoms with Gasteiger partial charge >= 0.3 is 0 Å². The lowest BCUT2D eigenvalue weighted by atomic mass is 10.1. The summed E-state index contributed by atoms with van der Waals surface area (Å²) in [6.07, 6.45) is 2.68. The van der Waals surface area contributed by atoms with E-state index >= 15 is 0 Å². The minimum Gasteiger partial charge on any atom is -0.496 e. The number of piperazine rings is 1. The van der Waals surface area contributed by atoms with Crippen LogP contribution < -0.4 is 4.74 Å². The average molecular weight is 295 g/mol. The summed E-state index contributed by atoms with van der Waals surface area (Å²) >= 11 is 6.37. The number of hydrogen-bond donors (Lipinski definition) is 0. The highest BCUT2D eigenvalue weighted by atomic mass is 35.5. The maximum absolute atomic E-state index is 6.37. The Morgan fingerprint density at radius 3 is 3.00 bits per heavy atom. The summed E-state index contributed by atoms with van der Waals surface area (Å²) in [7, 11) is 1.72. The summed E-state index contributed by atoms with van der Waals surface area (Å²) < 4.78 is 5.47. The van der Waals surface area contributed by atoms with Gasteiger partial charge in [-0.15, -0.1) is 0 Å². The summed E-state index contributed by atoms with van der Waals surface area (Å²) in [5, 5.41) is 0.811. The van der Waals surface area contributed by atoms with Crippen molar-refractivity contribution in [1.29, 1.82) is 0 Å². The van der Waals surface area contributed by atoms with Crippen LogP contribution in [-0.4, -0.2) is 48.6 Å². The Kier molecular flexibility index (Phi) is 4.20. The van der Waals surface area contributed by atoms with Gasteiger partial charge in [-0.05, 0) is 38.4 Å². The second-order valence-corrected chi connectivity index (χ2v) is 6.40. The molecule has 110 valence electrons. The Labute approximate surface area is 126 Å². The van der Waals surface area contributed by atoms with E-state index in [0.717, 1.165) is 35.5 Å². The summed E-state index contributed by atoms with van der Waals surface area (Å²) in [4.78, 5) is 5.20. The van der Waals surface area contributed by atoms with Crippen molar-refractivity contribution in [2.75, 3.05) is 26.7 Å². The molecule has 20 heavy (non-hydrogen) atoms. The van der Waals surface area contributed by atoms with Gasteiger partial charge < -0.3 is 4.74 Å². The number of nitrogens with zero attached hydrogens (tertiary/aromatic N) is 2. The Balaban J connectivity index is 1.77. The lowest BCUT2D eigenvalue weighted by molar-refractivity contribution is 0.0535. The van der Waals surface area contributed by atoms with Gasteiger partial charge in [0.2, 0.25) is 0 Å². The molecule has 0 N–H and O–H groups in total. The molecule has 2 aliphatic heterocycles. The van der Waals surface area contributed by atoms with Crippen LogP contribution in [0.5, 0.6) is 5.75 Å². The van der Waals surface area contributed by atoms with Gasteiger partial charge in [0.05, 0.1) is 7.11 Å². The van der Waals surface area contributed by atoms with E-state index in [1.807, 2.05) is 18.2 Å². The Hall–Kier alpha value is -0.770. The van der Waals surface area contributed by atoms with Crippen LogP contribution in [0.3, 0.4) is 0 Å². The van der Waals surface area contributed by atoms with Crippen LogP contribution in [0.1, 0.15) is 25.3 Å². The molecule has 3 nitrogen and oxygen atoms in total. The van der Waals surface area contributed by atoms with Gasteiger partial charge in [0.1, 0.15) is 5.75 Å². The van der Waals surface area contributed by atoms with Crippen molar-refractivity contribution in [2.45, 2.75) is 38.4 Å². The third-order valence-electron chi connectivity index (χ3n) is 4.72. The number of ether oxygens (including phenoxy) is 1. The fourth-order valence-electron chi connectivity index (χ4n) is 3.55. The van der Waals surface area contributed by atoms with Gasteiger partial charge in [0.15, 0.2) is 0 Å². The number of benzene rings is 1. The molecule has 3 rings (SSSR count). The molecule has 2 saturated heterocycles. The van der Waals surface area contributed by atoms with E-state index in [1.54, 1.807) is 7.11 Å². The van der Waals surface area contributed by atoms with Crippen LogP contribution in [-0.2, 0) is 6.54 Å². The van der Waals surface area contributed by atoms with Crippen molar-refractivity contribution in [2.24, 2.45) is 0 Å². The van der Waals surface area contributed by atoms with E-state index in [0.29, 0.717) is 6.04 Å². The maximum atomic E-state index is 6.37. The largest absolute Gasteiger partial charge is 0.496 e. The minimum absolute atomic E-state index is 0.574.